The van der Waals surface area contributed by atoms with Crippen molar-refractivity contribution in [1.29, 1.82) is 5.26 Å². The second kappa shape index (κ2) is 4.07. The standard InChI is InChI=1S/C15H15N3O2/c1-15(2)13(19)17-11-7-9(8-16)3-6-12(11)18(14(15)20)10-4-5-10/h3,6-7,10H,4-5H2,1-2H3,(H,17,19). The van der Waals surface area contributed by atoms with Gasteiger partial charge in [0, 0.05) is 6.04 Å². The second-order valence-electron chi connectivity index (χ2n) is 5.83. The molecule has 5 nitrogen and oxygen atoms in total. The highest BCUT2D eigenvalue weighted by Crippen LogP contribution is 2.42. The van der Waals surface area contributed by atoms with Crippen molar-refractivity contribution >= 4 is 23.2 Å². The number of nitrogens with zero attached hydrogens (tertiary/aromatic N) is 2. The van der Waals surface area contributed by atoms with E-state index in [-0.39, 0.29) is 17.9 Å². The van der Waals surface area contributed by atoms with Crippen molar-refractivity contribution in [3.8, 4) is 6.07 Å². The molecule has 1 fully saturated rings. The Kier molecular flexibility index (Phi) is 2.58. The molecule has 0 aromatic heterocycles. The van der Waals surface area contributed by atoms with Crippen molar-refractivity contribution in [2.75, 3.05) is 10.2 Å². The highest BCUT2D eigenvalue weighted by atomic mass is 16.2. The summed E-state index contributed by atoms with van der Waals surface area (Å²) in [6.07, 6.45) is 1.91. The van der Waals surface area contributed by atoms with E-state index >= 15 is 0 Å². The Labute approximate surface area is 117 Å². The maximum absolute atomic E-state index is 12.7. The first kappa shape index (κ1) is 12.7. The number of hydrogen-bond donors (Lipinski definition) is 1. The van der Waals surface area contributed by atoms with Gasteiger partial charge in [0.05, 0.1) is 23.0 Å². The van der Waals surface area contributed by atoms with Gasteiger partial charge < -0.3 is 10.2 Å². The molecule has 102 valence electrons. The predicted octanol–water partition coefficient (Wildman–Crippen LogP) is 2.03. The Hall–Kier alpha value is -2.35. The van der Waals surface area contributed by atoms with Gasteiger partial charge in [0.15, 0.2) is 0 Å². The van der Waals surface area contributed by atoms with Crippen LogP contribution >= 0.6 is 0 Å². The fourth-order valence-electron chi connectivity index (χ4n) is 2.40. The highest BCUT2D eigenvalue weighted by Gasteiger charge is 2.47. The van der Waals surface area contributed by atoms with E-state index in [0.717, 1.165) is 12.8 Å². The summed E-state index contributed by atoms with van der Waals surface area (Å²) in [5.74, 6) is -0.511. The SMILES string of the molecule is CC1(C)C(=O)Nc2cc(C#N)ccc2N(C2CC2)C1=O. The molecule has 0 spiro atoms. The molecule has 1 aromatic carbocycles. The van der Waals surface area contributed by atoms with Gasteiger partial charge in [0.2, 0.25) is 11.8 Å². The number of benzene rings is 1. The van der Waals surface area contributed by atoms with E-state index in [4.69, 9.17) is 5.26 Å². The third-order valence-electron chi connectivity index (χ3n) is 3.87. The summed E-state index contributed by atoms with van der Waals surface area (Å²) < 4.78 is 0. The Balaban J connectivity index is 2.17. The molecule has 1 aliphatic carbocycles. The minimum absolute atomic E-state index is 0.168. The molecule has 20 heavy (non-hydrogen) atoms. The van der Waals surface area contributed by atoms with Gasteiger partial charge in [0.25, 0.3) is 0 Å². The van der Waals surface area contributed by atoms with Crippen LogP contribution in [0, 0.1) is 16.7 Å². The normalized spacial score (nSPS) is 20.8. The Morgan fingerprint density at radius 1 is 1.35 bits per heavy atom. The lowest BCUT2D eigenvalue weighted by Crippen LogP contribution is -2.46. The van der Waals surface area contributed by atoms with Crippen LogP contribution in [-0.4, -0.2) is 17.9 Å². The fourth-order valence-corrected chi connectivity index (χ4v) is 2.40. The molecule has 1 N–H and O–H groups in total. The molecule has 1 heterocycles. The van der Waals surface area contributed by atoms with Crippen molar-refractivity contribution < 1.29 is 9.59 Å². The quantitative estimate of drug-likeness (QED) is 0.793. The molecule has 1 aliphatic heterocycles. The van der Waals surface area contributed by atoms with Crippen molar-refractivity contribution in [2.24, 2.45) is 5.41 Å². The van der Waals surface area contributed by atoms with Crippen LogP contribution in [0.1, 0.15) is 32.3 Å². The molecule has 0 bridgehead atoms. The number of anilines is 2. The Bertz CT molecular complexity index is 654. The molecular formula is C15H15N3O2. The summed E-state index contributed by atoms with van der Waals surface area (Å²) >= 11 is 0. The van der Waals surface area contributed by atoms with Crippen molar-refractivity contribution in [3.05, 3.63) is 23.8 Å². The maximum atomic E-state index is 12.7. The lowest BCUT2D eigenvalue weighted by molar-refractivity contribution is -0.136. The lowest BCUT2D eigenvalue weighted by Gasteiger charge is -2.27. The molecular weight excluding hydrogens is 254 g/mol. The van der Waals surface area contributed by atoms with Crippen LogP contribution in [0.15, 0.2) is 18.2 Å². The number of rotatable bonds is 1. The van der Waals surface area contributed by atoms with Gasteiger partial charge in [-0.2, -0.15) is 5.26 Å². The summed E-state index contributed by atoms with van der Waals surface area (Å²) in [5, 5.41) is 11.8. The molecule has 0 radical (unpaired) electrons. The van der Waals surface area contributed by atoms with Gasteiger partial charge in [-0.05, 0) is 44.9 Å². The van der Waals surface area contributed by atoms with Gasteiger partial charge in [-0.15, -0.1) is 0 Å². The summed E-state index contributed by atoms with van der Waals surface area (Å²) in [5.41, 5.74) is 0.594. The number of amides is 2. The highest BCUT2D eigenvalue weighted by molar-refractivity contribution is 6.19. The minimum Gasteiger partial charge on any atom is -0.323 e. The summed E-state index contributed by atoms with van der Waals surface area (Å²) in [6.45, 7) is 3.27. The number of fused-ring (bicyclic) bond motifs is 1. The Morgan fingerprint density at radius 2 is 2.05 bits per heavy atom. The first-order valence-corrected chi connectivity index (χ1v) is 6.64. The van der Waals surface area contributed by atoms with Gasteiger partial charge in [0.1, 0.15) is 5.41 Å². The average molecular weight is 269 g/mol. The zero-order chi connectivity index (χ0) is 14.5. The minimum atomic E-state index is -1.10. The van der Waals surface area contributed by atoms with E-state index in [1.54, 1.807) is 36.9 Å². The molecule has 2 amide bonds. The van der Waals surface area contributed by atoms with E-state index in [2.05, 4.69) is 5.32 Å². The smallest absolute Gasteiger partial charge is 0.242 e. The predicted molar refractivity (Wildman–Crippen MR) is 74.1 cm³/mol. The first-order valence-electron chi connectivity index (χ1n) is 6.64. The van der Waals surface area contributed by atoms with Crippen LogP contribution in [-0.2, 0) is 9.59 Å². The number of hydrogen-bond acceptors (Lipinski definition) is 3. The summed E-state index contributed by atoms with van der Waals surface area (Å²) in [4.78, 5) is 26.6. The lowest BCUT2D eigenvalue weighted by atomic mass is 9.90. The number of carbonyl (C=O) groups is 2. The first-order chi connectivity index (χ1) is 9.45. The largest absolute Gasteiger partial charge is 0.323 e. The number of nitriles is 1. The van der Waals surface area contributed by atoms with Crippen molar-refractivity contribution in [1.82, 2.24) is 0 Å². The van der Waals surface area contributed by atoms with Gasteiger partial charge in [-0.25, -0.2) is 0 Å². The van der Waals surface area contributed by atoms with Gasteiger partial charge in [-0.1, -0.05) is 0 Å². The van der Waals surface area contributed by atoms with Crippen LogP contribution in [0.25, 0.3) is 0 Å². The van der Waals surface area contributed by atoms with Crippen molar-refractivity contribution in [3.63, 3.8) is 0 Å². The molecule has 2 aliphatic rings. The topological polar surface area (TPSA) is 73.2 Å². The van der Waals surface area contributed by atoms with E-state index in [0.29, 0.717) is 16.9 Å². The van der Waals surface area contributed by atoms with Gasteiger partial charge >= 0.3 is 0 Å². The third-order valence-corrected chi connectivity index (χ3v) is 3.87. The van der Waals surface area contributed by atoms with E-state index in [1.165, 1.54) is 0 Å². The molecule has 0 unspecified atom stereocenters. The molecule has 5 heteroatoms. The Morgan fingerprint density at radius 3 is 2.65 bits per heavy atom. The molecule has 1 saturated carbocycles. The monoisotopic (exact) mass is 269 g/mol. The zero-order valence-electron chi connectivity index (χ0n) is 11.4. The third kappa shape index (κ3) is 1.76. The molecule has 0 atom stereocenters. The van der Waals surface area contributed by atoms with E-state index in [1.807, 2.05) is 6.07 Å². The average Bonchev–Trinajstić information content (AvgIpc) is 3.24. The summed E-state index contributed by atoms with van der Waals surface area (Å²) in [7, 11) is 0. The van der Waals surface area contributed by atoms with Crippen LogP contribution < -0.4 is 10.2 Å². The van der Waals surface area contributed by atoms with E-state index in [9.17, 15) is 9.59 Å². The molecule has 0 saturated heterocycles. The number of nitrogens with one attached hydrogen (secondary N) is 1. The van der Waals surface area contributed by atoms with Crippen molar-refractivity contribution in [2.45, 2.75) is 32.7 Å². The zero-order valence-corrected chi connectivity index (χ0v) is 11.4. The van der Waals surface area contributed by atoms with Crippen LogP contribution in [0.5, 0.6) is 0 Å². The fraction of sp³-hybridized carbons (Fsp3) is 0.400. The van der Waals surface area contributed by atoms with Crippen LogP contribution in [0.3, 0.4) is 0 Å². The summed E-state index contributed by atoms with van der Waals surface area (Å²) in [6, 6.07) is 7.25. The van der Waals surface area contributed by atoms with Crippen LogP contribution in [0.2, 0.25) is 0 Å². The van der Waals surface area contributed by atoms with Crippen LogP contribution in [0.4, 0.5) is 11.4 Å². The van der Waals surface area contributed by atoms with Gasteiger partial charge in [-0.3, -0.25) is 9.59 Å². The van der Waals surface area contributed by atoms with E-state index < -0.39 is 5.41 Å². The molecule has 1 aromatic rings. The second-order valence-corrected chi connectivity index (χ2v) is 5.83. The maximum Gasteiger partial charge on any atom is 0.242 e. The molecule has 3 rings (SSSR count). The number of carbonyl (C=O) groups excluding carboxylic acids is 2.